The largest absolute Gasteiger partial charge is 0.497 e. The van der Waals surface area contributed by atoms with Crippen molar-refractivity contribution in [3.63, 3.8) is 0 Å². The van der Waals surface area contributed by atoms with Crippen LogP contribution < -0.4 is 4.74 Å². The van der Waals surface area contributed by atoms with Gasteiger partial charge in [-0.3, -0.25) is 0 Å². The SMILES string of the molecule is COc1ccc(-n2nnc(C#N)c2-c2ccccc2F)cc1. The van der Waals surface area contributed by atoms with E-state index in [1.807, 2.05) is 6.07 Å². The molecule has 0 unspecified atom stereocenters. The monoisotopic (exact) mass is 294 g/mol. The van der Waals surface area contributed by atoms with E-state index in [4.69, 9.17) is 4.74 Å². The zero-order chi connectivity index (χ0) is 15.5. The lowest BCUT2D eigenvalue weighted by molar-refractivity contribution is 0.414. The number of halogens is 1. The predicted molar refractivity (Wildman–Crippen MR) is 78.0 cm³/mol. The first-order chi connectivity index (χ1) is 10.7. The van der Waals surface area contributed by atoms with Gasteiger partial charge in [-0.1, -0.05) is 17.3 Å². The smallest absolute Gasteiger partial charge is 0.191 e. The minimum Gasteiger partial charge on any atom is -0.497 e. The quantitative estimate of drug-likeness (QED) is 0.745. The maximum atomic E-state index is 14.1. The zero-order valence-corrected chi connectivity index (χ0v) is 11.7. The van der Waals surface area contributed by atoms with Crippen LogP contribution in [0.2, 0.25) is 0 Å². The van der Waals surface area contributed by atoms with Gasteiger partial charge in [0.15, 0.2) is 5.69 Å². The van der Waals surface area contributed by atoms with Gasteiger partial charge in [-0.25, -0.2) is 9.07 Å². The molecule has 1 heterocycles. The highest BCUT2D eigenvalue weighted by molar-refractivity contribution is 5.67. The van der Waals surface area contributed by atoms with Gasteiger partial charge in [0.1, 0.15) is 23.3 Å². The standard InChI is InChI=1S/C16H11FN4O/c1-22-12-8-6-11(7-9-12)21-16(15(10-18)19-20-21)13-4-2-3-5-14(13)17/h2-9H,1H3. The summed E-state index contributed by atoms with van der Waals surface area (Å²) < 4.78 is 20.6. The van der Waals surface area contributed by atoms with E-state index in [9.17, 15) is 9.65 Å². The van der Waals surface area contributed by atoms with Crippen LogP contribution in [0.5, 0.6) is 5.75 Å². The first kappa shape index (κ1) is 13.8. The number of nitrogens with zero attached hydrogens (tertiary/aromatic N) is 4. The van der Waals surface area contributed by atoms with Gasteiger partial charge < -0.3 is 4.74 Å². The number of methoxy groups -OCH3 is 1. The number of hydrogen-bond donors (Lipinski definition) is 0. The van der Waals surface area contributed by atoms with Crippen LogP contribution in [-0.4, -0.2) is 22.1 Å². The van der Waals surface area contributed by atoms with Gasteiger partial charge in [0.05, 0.1) is 12.8 Å². The van der Waals surface area contributed by atoms with Crippen LogP contribution in [0.25, 0.3) is 16.9 Å². The van der Waals surface area contributed by atoms with Crippen molar-refractivity contribution in [2.45, 2.75) is 0 Å². The molecule has 3 aromatic rings. The first-order valence-electron chi connectivity index (χ1n) is 6.49. The molecule has 0 N–H and O–H groups in total. The summed E-state index contributed by atoms with van der Waals surface area (Å²) in [6.45, 7) is 0. The molecule has 0 saturated heterocycles. The van der Waals surface area contributed by atoms with Crippen molar-refractivity contribution in [2.24, 2.45) is 0 Å². The van der Waals surface area contributed by atoms with Crippen LogP contribution in [0.15, 0.2) is 48.5 Å². The Balaban J connectivity index is 2.19. The summed E-state index contributed by atoms with van der Waals surface area (Å²) in [7, 11) is 1.57. The van der Waals surface area contributed by atoms with Crippen molar-refractivity contribution >= 4 is 0 Å². The summed E-state index contributed by atoms with van der Waals surface area (Å²) in [4.78, 5) is 0. The Labute approximate surface area is 126 Å². The van der Waals surface area contributed by atoms with Gasteiger partial charge in [-0.05, 0) is 36.4 Å². The molecule has 0 saturated carbocycles. The van der Waals surface area contributed by atoms with Crippen molar-refractivity contribution in [1.82, 2.24) is 15.0 Å². The molecule has 0 atom stereocenters. The van der Waals surface area contributed by atoms with Gasteiger partial charge in [0.25, 0.3) is 0 Å². The molecule has 108 valence electrons. The number of hydrogen-bond acceptors (Lipinski definition) is 4. The first-order valence-corrected chi connectivity index (χ1v) is 6.49. The molecular formula is C16H11FN4O. The molecule has 0 bridgehead atoms. The molecule has 6 heteroatoms. The van der Waals surface area contributed by atoms with Crippen LogP contribution in [0.3, 0.4) is 0 Å². The van der Waals surface area contributed by atoms with Crippen LogP contribution in [-0.2, 0) is 0 Å². The highest BCUT2D eigenvalue weighted by Crippen LogP contribution is 2.27. The molecule has 0 radical (unpaired) electrons. The predicted octanol–water partition coefficient (Wildman–Crippen LogP) is 2.95. The average Bonchev–Trinajstić information content (AvgIpc) is 2.99. The molecule has 22 heavy (non-hydrogen) atoms. The lowest BCUT2D eigenvalue weighted by Gasteiger charge is -2.08. The number of nitriles is 1. The molecule has 3 rings (SSSR count). The van der Waals surface area contributed by atoms with Crippen molar-refractivity contribution in [1.29, 1.82) is 5.26 Å². The van der Waals surface area contributed by atoms with E-state index in [1.165, 1.54) is 10.7 Å². The van der Waals surface area contributed by atoms with E-state index in [2.05, 4.69) is 10.3 Å². The highest BCUT2D eigenvalue weighted by atomic mass is 19.1. The third kappa shape index (κ3) is 2.29. The molecule has 1 aromatic heterocycles. The zero-order valence-electron chi connectivity index (χ0n) is 11.7. The minimum atomic E-state index is -0.434. The molecular weight excluding hydrogens is 283 g/mol. The van der Waals surface area contributed by atoms with Gasteiger partial charge >= 0.3 is 0 Å². The van der Waals surface area contributed by atoms with Crippen LogP contribution in [0.1, 0.15) is 5.69 Å². The molecule has 0 fully saturated rings. The summed E-state index contributed by atoms with van der Waals surface area (Å²) in [5.74, 6) is 0.257. The Morgan fingerprint density at radius 2 is 1.86 bits per heavy atom. The Hall–Kier alpha value is -3.20. The van der Waals surface area contributed by atoms with Crippen LogP contribution >= 0.6 is 0 Å². The highest BCUT2D eigenvalue weighted by Gasteiger charge is 2.18. The number of aromatic nitrogens is 3. The molecule has 5 nitrogen and oxygen atoms in total. The Kier molecular flexibility index (Phi) is 3.54. The topological polar surface area (TPSA) is 63.7 Å². The second kappa shape index (κ2) is 5.66. The second-order valence-electron chi connectivity index (χ2n) is 4.49. The van der Waals surface area contributed by atoms with E-state index >= 15 is 0 Å². The van der Waals surface area contributed by atoms with E-state index < -0.39 is 5.82 Å². The fourth-order valence-corrected chi connectivity index (χ4v) is 2.16. The minimum absolute atomic E-state index is 0.0703. The summed E-state index contributed by atoms with van der Waals surface area (Å²) in [6, 6.07) is 15.2. The van der Waals surface area contributed by atoms with E-state index in [0.717, 1.165) is 0 Å². The Morgan fingerprint density at radius 1 is 1.14 bits per heavy atom. The Morgan fingerprint density at radius 3 is 2.50 bits per heavy atom. The van der Waals surface area contributed by atoms with Crippen LogP contribution in [0, 0.1) is 17.1 Å². The number of benzene rings is 2. The molecule has 2 aromatic carbocycles. The maximum Gasteiger partial charge on any atom is 0.191 e. The van der Waals surface area contributed by atoms with Gasteiger partial charge in [-0.15, -0.1) is 5.10 Å². The van der Waals surface area contributed by atoms with Crippen molar-refractivity contribution in [2.75, 3.05) is 7.11 Å². The average molecular weight is 294 g/mol. The third-order valence-corrected chi connectivity index (χ3v) is 3.22. The number of ether oxygens (including phenoxy) is 1. The second-order valence-corrected chi connectivity index (χ2v) is 4.49. The summed E-state index contributed by atoms with van der Waals surface area (Å²) in [5, 5.41) is 17.0. The summed E-state index contributed by atoms with van der Waals surface area (Å²) in [5.41, 5.74) is 1.33. The Bertz CT molecular complexity index is 849. The fourth-order valence-electron chi connectivity index (χ4n) is 2.16. The number of rotatable bonds is 3. The van der Waals surface area contributed by atoms with E-state index in [0.29, 0.717) is 17.1 Å². The van der Waals surface area contributed by atoms with E-state index in [-0.39, 0.29) is 11.3 Å². The van der Waals surface area contributed by atoms with Gasteiger partial charge in [0, 0.05) is 5.56 Å². The van der Waals surface area contributed by atoms with Crippen molar-refractivity contribution in [3.8, 4) is 28.8 Å². The fraction of sp³-hybridized carbons (Fsp3) is 0.0625. The molecule has 0 aliphatic rings. The molecule has 0 spiro atoms. The van der Waals surface area contributed by atoms with Gasteiger partial charge in [-0.2, -0.15) is 5.26 Å². The maximum absolute atomic E-state index is 14.1. The normalized spacial score (nSPS) is 10.2. The van der Waals surface area contributed by atoms with E-state index in [1.54, 1.807) is 49.6 Å². The third-order valence-electron chi connectivity index (χ3n) is 3.22. The lowest BCUT2D eigenvalue weighted by Crippen LogP contribution is -2.01. The molecule has 0 aliphatic heterocycles. The van der Waals surface area contributed by atoms with Crippen molar-refractivity contribution < 1.29 is 9.13 Å². The molecule has 0 amide bonds. The van der Waals surface area contributed by atoms with Crippen molar-refractivity contribution in [3.05, 3.63) is 60.0 Å². The van der Waals surface area contributed by atoms with Crippen LogP contribution in [0.4, 0.5) is 4.39 Å². The summed E-state index contributed by atoms with van der Waals surface area (Å²) >= 11 is 0. The molecule has 0 aliphatic carbocycles. The lowest BCUT2D eigenvalue weighted by atomic mass is 10.1. The summed E-state index contributed by atoms with van der Waals surface area (Å²) in [6.07, 6.45) is 0. The van der Waals surface area contributed by atoms with Gasteiger partial charge in [0.2, 0.25) is 0 Å².